The second-order valence-corrected chi connectivity index (χ2v) is 5.99. The Labute approximate surface area is 122 Å². The van der Waals surface area contributed by atoms with Gasteiger partial charge in [-0.1, -0.05) is 12.1 Å². The van der Waals surface area contributed by atoms with Crippen molar-refractivity contribution in [3.8, 4) is 0 Å². The van der Waals surface area contributed by atoms with Crippen LogP contribution in [0.2, 0.25) is 0 Å². The summed E-state index contributed by atoms with van der Waals surface area (Å²) in [4.78, 5) is 2.42. The molecule has 0 radical (unpaired) electrons. The van der Waals surface area contributed by atoms with Gasteiger partial charge in [0, 0.05) is 38.8 Å². The molecule has 2 N–H and O–H groups in total. The molecule has 0 bridgehead atoms. The summed E-state index contributed by atoms with van der Waals surface area (Å²) in [5.74, 6) is 0. The van der Waals surface area contributed by atoms with E-state index in [9.17, 15) is 13.2 Å². The van der Waals surface area contributed by atoms with Crippen LogP contribution in [0.5, 0.6) is 0 Å². The van der Waals surface area contributed by atoms with Crippen molar-refractivity contribution in [3.63, 3.8) is 0 Å². The van der Waals surface area contributed by atoms with E-state index >= 15 is 0 Å². The number of alkyl halides is 3. The molecule has 1 atom stereocenters. The Kier molecular flexibility index (Phi) is 3.71. The summed E-state index contributed by atoms with van der Waals surface area (Å²) in [6.45, 7) is 6.73. The van der Waals surface area contributed by atoms with Crippen LogP contribution in [0.1, 0.15) is 24.1 Å². The Morgan fingerprint density at radius 3 is 2.24 bits per heavy atom. The Morgan fingerprint density at radius 1 is 1.10 bits per heavy atom. The van der Waals surface area contributed by atoms with E-state index in [1.54, 1.807) is 12.1 Å². The number of nitrogens with zero attached hydrogens (tertiary/aromatic N) is 1. The van der Waals surface area contributed by atoms with Gasteiger partial charge in [0.1, 0.15) is 0 Å². The third kappa shape index (κ3) is 2.67. The first-order valence-electron chi connectivity index (χ1n) is 7.28. The smallest absolute Gasteiger partial charge is 0.314 e. The van der Waals surface area contributed by atoms with Crippen molar-refractivity contribution in [3.05, 3.63) is 35.4 Å². The van der Waals surface area contributed by atoms with Crippen molar-refractivity contribution in [2.75, 3.05) is 32.7 Å². The number of benzene rings is 1. The zero-order valence-corrected chi connectivity index (χ0v) is 12.0. The Balaban J connectivity index is 1.79. The van der Waals surface area contributed by atoms with Crippen LogP contribution in [0.4, 0.5) is 13.2 Å². The van der Waals surface area contributed by atoms with Gasteiger partial charge in [0.05, 0.1) is 11.1 Å². The number of hydrogen-bond acceptors (Lipinski definition) is 3. The molecule has 2 heterocycles. The summed E-state index contributed by atoms with van der Waals surface area (Å²) in [7, 11) is 0. The first-order chi connectivity index (χ1) is 9.92. The van der Waals surface area contributed by atoms with Crippen molar-refractivity contribution in [2.45, 2.75) is 24.7 Å². The fraction of sp³-hybridized carbons (Fsp3) is 0.600. The van der Waals surface area contributed by atoms with Gasteiger partial charge < -0.3 is 10.6 Å². The first-order valence-corrected chi connectivity index (χ1v) is 7.28. The van der Waals surface area contributed by atoms with Crippen molar-refractivity contribution in [2.24, 2.45) is 0 Å². The lowest BCUT2D eigenvalue weighted by Crippen LogP contribution is -2.75. The van der Waals surface area contributed by atoms with E-state index in [4.69, 9.17) is 0 Å². The first kappa shape index (κ1) is 14.8. The number of piperazine rings is 1. The minimum absolute atomic E-state index is 0.111. The molecule has 2 saturated heterocycles. The van der Waals surface area contributed by atoms with Crippen LogP contribution in [0, 0.1) is 0 Å². The third-order valence-corrected chi connectivity index (χ3v) is 4.69. The molecule has 2 aliphatic heterocycles. The van der Waals surface area contributed by atoms with Crippen LogP contribution < -0.4 is 10.6 Å². The molecule has 6 heteroatoms. The Hall–Kier alpha value is -1.11. The van der Waals surface area contributed by atoms with Gasteiger partial charge in [-0.15, -0.1) is 0 Å². The fourth-order valence-corrected chi connectivity index (χ4v) is 3.34. The lowest BCUT2D eigenvalue weighted by Gasteiger charge is -2.55. The van der Waals surface area contributed by atoms with E-state index in [0.717, 1.165) is 38.3 Å². The molecule has 1 aromatic carbocycles. The molecule has 2 fully saturated rings. The number of rotatable bonds is 2. The molecule has 0 unspecified atom stereocenters. The number of halogens is 3. The van der Waals surface area contributed by atoms with E-state index < -0.39 is 11.7 Å². The van der Waals surface area contributed by atoms with Crippen LogP contribution in [0.25, 0.3) is 0 Å². The molecule has 3 rings (SSSR count). The topological polar surface area (TPSA) is 27.3 Å². The summed E-state index contributed by atoms with van der Waals surface area (Å²) >= 11 is 0. The van der Waals surface area contributed by atoms with E-state index in [2.05, 4.69) is 22.5 Å². The standard InChI is InChI=1S/C15H20F3N3/c1-11(12-2-4-13(5-3-12)15(16,17)18)21-7-6-19-8-14(21)9-20-10-14/h2-5,11,19-20H,6-10H2,1H3/t11-/m0/s1. The molecule has 1 spiro atoms. The highest BCUT2D eigenvalue weighted by Gasteiger charge is 2.46. The van der Waals surface area contributed by atoms with Gasteiger partial charge in [-0.05, 0) is 24.6 Å². The molecule has 0 aliphatic carbocycles. The highest BCUT2D eigenvalue weighted by atomic mass is 19.4. The van der Waals surface area contributed by atoms with Crippen LogP contribution in [0.15, 0.2) is 24.3 Å². The third-order valence-electron chi connectivity index (χ3n) is 4.69. The Bertz CT molecular complexity index is 494. The molecule has 116 valence electrons. The normalized spacial score (nSPS) is 23.8. The van der Waals surface area contributed by atoms with Gasteiger partial charge in [-0.3, -0.25) is 4.90 Å². The molecule has 0 aromatic heterocycles. The van der Waals surface area contributed by atoms with Crippen molar-refractivity contribution in [1.29, 1.82) is 0 Å². The minimum atomic E-state index is -4.27. The number of hydrogen-bond donors (Lipinski definition) is 2. The lowest BCUT2D eigenvalue weighted by molar-refractivity contribution is -0.137. The predicted molar refractivity (Wildman–Crippen MR) is 75.0 cm³/mol. The number of nitrogens with one attached hydrogen (secondary N) is 2. The molecule has 3 nitrogen and oxygen atoms in total. The van der Waals surface area contributed by atoms with Gasteiger partial charge in [0.25, 0.3) is 0 Å². The van der Waals surface area contributed by atoms with Crippen molar-refractivity contribution < 1.29 is 13.2 Å². The van der Waals surface area contributed by atoms with Crippen molar-refractivity contribution in [1.82, 2.24) is 15.5 Å². The second kappa shape index (κ2) is 5.26. The van der Waals surface area contributed by atoms with E-state index in [0.29, 0.717) is 0 Å². The SMILES string of the molecule is C[C@@H](c1ccc(C(F)(F)F)cc1)N1CCNCC12CNC2. The van der Waals surface area contributed by atoms with Crippen molar-refractivity contribution >= 4 is 0 Å². The molecule has 1 aromatic rings. The highest BCUT2D eigenvalue weighted by molar-refractivity contribution is 5.27. The summed E-state index contributed by atoms with van der Waals surface area (Å²) in [6, 6.07) is 5.70. The summed E-state index contributed by atoms with van der Waals surface area (Å²) in [5.41, 5.74) is 0.468. The maximum Gasteiger partial charge on any atom is 0.416 e. The maximum atomic E-state index is 12.6. The quantitative estimate of drug-likeness (QED) is 0.875. The lowest BCUT2D eigenvalue weighted by atomic mass is 9.85. The van der Waals surface area contributed by atoms with Crippen LogP contribution in [0.3, 0.4) is 0 Å². The van der Waals surface area contributed by atoms with Crippen LogP contribution in [-0.2, 0) is 6.18 Å². The molecule has 0 saturated carbocycles. The maximum absolute atomic E-state index is 12.6. The summed E-state index contributed by atoms with van der Waals surface area (Å²) in [6.07, 6.45) is -4.27. The monoisotopic (exact) mass is 299 g/mol. The second-order valence-electron chi connectivity index (χ2n) is 5.99. The molecule has 2 aliphatic rings. The molecule has 0 amide bonds. The minimum Gasteiger partial charge on any atom is -0.314 e. The van der Waals surface area contributed by atoms with Crippen LogP contribution >= 0.6 is 0 Å². The average molecular weight is 299 g/mol. The molecule has 21 heavy (non-hydrogen) atoms. The predicted octanol–water partition coefficient (Wildman–Crippen LogP) is 2.01. The van der Waals surface area contributed by atoms with E-state index in [1.807, 2.05) is 0 Å². The highest BCUT2D eigenvalue weighted by Crippen LogP contribution is 2.34. The average Bonchev–Trinajstić information content (AvgIpc) is 2.44. The van der Waals surface area contributed by atoms with Crippen LogP contribution in [-0.4, -0.2) is 43.2 Å². The molecular formula is C15H20F3N3. The fourth-order valence-electron chi connectivity index (χ4n) is 3.34. The van der Waals surface area contributed by atoms with E-state index in [-0.39, 0.29) is 11.6 Å². The zero-order valence-electron chi connectivity index (χ0n) is 12.0. The molecular weight excluding hydrogens is 279 g/mol. The zero-order chi connectivity index (χ0) is 15.1. The van der Waals surface area contributed by atoms with Gasteiger partial charge >= 0.3 is 6.18 Å². The van der Waals surface area contributed by atoms with Gasteiger partial charge in [-0.2, -0.15) is 13.2 Å². The summed E-state index contributed by atoms with van der Waals surface area (Å²) in [5, 5.41) is 6.72. The van der Waals surface area contributed by atoms with E-state index in [1.165, 1.54) is 12.1 Å². The summed E-state index contributed by atoms with van der Waals surface area (Å²) < 4.78 is 37.9. The van der Waals surface area contributed by atoms with Gasteiger partial charge in [-0.25, -0.2) is 0 Å². The largest absolute Gasteiger partial charge is 0.416 e. The van der Waals surface area contributed by atoms with Gasteiger partial charge in [0.15, 0.2) is 0 Å². The Morgan fingerprint density at radius 2 is 1.71 bits per heavy atom. The van der Waals surface area contributed by atoms with Gasteiger partial charge in [0.2, 0.25) is 0 Å².